The summed E-state index contributed by atoms with van der Waals surface area (Å²) in [6.07, 6.45) is 4.63. The molecule has 0 saturated carbocycles. The number of fused-ring (bicyclic) bond motifs is 9. The molecule has 0 bridgehead atoms. The van der Waals surface area contributed by atoms with E-state index in [4.69, 9.17) is 0 Å². The molecule has 1 spiro atoms. The van der Waals surface area contributed by atoms with Crippen LogP contribution in [0.4, 0.5) is 0 Å². The normalized spacial score (nSPS) is 24.3. The van der Waals surface area contributed by atoms with Crippen LogP contribution in [0.1, 0.15) is 34.2 Å². The molecule has 4 heteroatoms. The lowest BCUT2D eigenvalue weighted by molar-refractivity contribution is 0.694. The van der Waals surface area contributed by atoms with Gasteiger partial charge in [0.2, 0.25) is 0 Å². The molecular formula is C27H14Br2N2. The van der Waals surface area contributed by atoms with Crippen molar-refractivity contribution in [2.75, 3.05) is 0 Å². The minimum atomic E-state index is -0.747. The Bertz CT molecular complexity index is 1470. The van der Waals surface area contributed by atoms with Gasteiger partial charge in [0.15, 0.2) is 0 Å². The first-order valence-corrected chi connectivity index (χ1v) is 11.6. The molecule has 0 aromatic heterocycles. The third-order valence-corrected chi connectivity index (χ3v) is 7.98. The minimum absolute atomic E-state index is 0.520. The van der Waals surface area contributed by atoms with E-state index in [-0.39, 0.29) is 0 Å². The summed E-state index contributed by atoms with van der Waals surface area (Å²) in [7, 11) is 0. The van der Waals surface area contributed by atoms with Gasteiger partial charge in [-0.2, -0.15) is 10.5 Å². The Kier molecular flexibility index (Phi) is 3.82. The van der Waals surface area contributed by atoms with Crippen molar-refractivity contribution in [1.82, 2.24) is 0 Å². The molecule has 6 rings (SSSR count). The molecule has 0 aliphatic heterocycles. The van der Waals surface area contributed by atoms with Gasteiger partial charge < -0.3 is 0 Å². The molecule has 0 heterocycles. The van der Waals surface area contributed by atoms with Gasteiger partial charge in [0.05, 0.1) is 23.1 Å². The van der Waals surface area contributed by atoms with E-state index in [1.807, 2.05) is 18.2 Å². The van der Waals surface area contributed by atoms with Gasteiger partial charge in [-0.3, -0.25) is 0 Å². The van der Waals surface area contributed by atoms with Gasteiger partial charge in [-0.1, -0.05) is 80.4 Å². The Morgan fingerprint density at radius 3 is 2.39 bits per heavy atom. The van der Waals surface area contributed by atoms with Crippen LogP contribution in [0.3, 0.4) is 0 Å². The fourth-order valence-corrected chi connectivity index (χ4v) is 6.35. The van der Waals surface area contributed by atoms with E-state index < -0.39 is 9.74 Å². The Morgan fingerprint density at radius 1 is 0.839 bits per heavy atom. The third-order valence-electron chi connectivity index (χ3n) is 6.76. The van der Waals surface area contributed by atoms with E-state index in [1.165, 1.54) is 33.4 Å². The summed E-state index contributed by atoms with van der Waals surface area (Å²) in [4.78, 5) is 0. The number of rotatable bonds is 0. The van der Waals surface area contributed by atoms with Crippen molar-refractivity contribution >= 4 is 37.4 Å². The summed E-state index contributed by atoms with van der Waals surface area (Å²) in [6, 6.07) is 25.7. The first-order valence-electron chi connectivity index (χ1n) is 10.00. The van der Waals surface area contributed by atoms with E-state index in [0.29, 0.717) is 12.0 Å². The molecule has 146 valence electrons. The van der Waals surface area contributed by atoms with Crippen LogP contribution in [0.5, 0.6) is 0 Å². The molecule has 3 aromatic rings. The molecule has 0 saturated heterocycles. The van der Waals surface area contributed by atoms with Crippen molar-refractivity contribution in [3.8, 4) is 23.3 Å². The Balaban J connectivity index is 1.81. The van der Waals surface area contributed by atoms with E-state index in [1.54, 1.807) is 0 Å². The largest absolute Gasteiger partial charge is 0.196 e. The molecule has 2 unspecified atom stereocenters. The molecule has 2 nitrogen and oxygen atoms in total. The van der Waals surface area contributed by atoms with Crippen LogP contribution in [0.2, 0.25) is 0 Å². The number of benzene rings is 3. The fraction of sp³-hybridized carbons (Fsp3) is 0.111. The quantitative estimate of drug-likeness (QED) is 0.296. The minimum Gasteiger partial charge on any atom is -0.196 e. The standard InChI is InChI=1S/C27H14Br2N2/c28-17-6-8-20-21-9-10-26(29,15-31)13-25(21)27(24(20)12-17)22-4-2-1-3-18(22)19-7-5-16(14-30)11-23(19)27/h1-12H,13H2. The van der Waals surface area contributed by atoms with E-state index >= 15 is 0 Å². The molecule has 0 amide bonds. The van der Waals surface area contributed by atoms with Crippen molar-refractivity contribution in [2.24, 2.45) is 0 Å². The van der Waals surface area contributed by atoms with E-state index in [0.717, 1.165) is 15.6 Å². The average Bonchev–Trinajstić information content (AvgIpc) is 3.24. The zero-order chi connectivity index (χ0) is 21.4. The molecular weight excluding hydrogens is 512 g/mol. The lowest BCUT2D eigenvalue weighted by atomic mass is 9.67. The second-order valence-corrected chi connectivity index (χ2v) is 10.6. The summed E-state index contributed by atoms with van der Waals surface area (Å²) < 4.78 is 0.269. The topological polar surface area (TPSA) is 47.6 Å². The van der Waals surface area contributed by atoms with Crippen LogP contribution in [0.15, 0.2) is 82.9 Å². The Hall–Kier alpha value is -2.92. The summed E-state index contributed by atoms with van der Waals surface area (Å²) in [6.45, 7) is 0. The predicted octanol–water partition coefficient (Wildman–Crippen LogP) is 7.02. The number of nitriles is 2. The number of halogens is 2. The highest BCUT2D eigenvalue weighted by atomic mass is 79.9. The number of alkyl halides is 1. The Labute approximate surface area is 197 Å². The molecule has 31 heavy (non-hydrogen) atoms. The molecule has 2 atom stereocenters. The zero-order valence-electron chi connectivity index (χ0n) is 16.3. The lowest BCUT2D eigenvalue weighted by Crippen LogP contribution is -2.32. The van der Waals surface area contributed by atoms with Crippen LogP contribution in [0.25, 0.3) is 16.7 Å². The van der Waals surface area contributed by atoms with Gasteiger partial charge >= 0.3 is 0 Å². The average molecular weight is 526 g/mol. The smallest absolute Gasteiger partial charge is 0.134 e. The van der Waals surface area contributed by atoms with Crippen molar-refractivity contribution in [3.63, 3.8) is 0 Å². The molecule has 0 fully saturated rings. The number of allylic oxidation sites excluding steroid dienone is 4. The maximum atomic E-state index is 9.91. The molecule has 3 aliphatic carbocycles. The summed E-state index contributed by atoms with van der Waals surface area (Å²) >= 11 is 7.37. The first-order chi connectivity index (χ1) is 15.0. The van der Waals surface area contributed by atoms with Crippen LogP contribution >= 0.6 is 31.9 Å². The van der Waals surface area contributed by atoms with Gasteiger partial charge in [0.1, 0.15) is 4.32 Å². The Morgan fingerprint density at radius 2 is 1.58 bits per heavy atom. The van der Waals surface area contributed by atoms with Crippen LogP contribution in [-0.2, 0) is 5.41 Å². The fourth-order valence-electron chi connectivity index (χ4n) is 5.58. The van der Waals surface area contributed by atoms with Crippen molar-refractivity contribution < 1.29 is 0 Å². The monoisotopic (exact) mass is 524 g/mol. The first kappa shape index (κ1) is 18.8. The predicted molar refractivity (Wildman–Crippen MR) is 129 cm³/mol. The molecule has 0 radical (unpaired) electrons. The second-order valence-electron chi connectivity index (χ2n) is 8.23. The van der Waals surface area contributed by atoms with Crippen molar-refractivity contribution in [2.45, 2.75) is 16.2 Å². The van der Waals surface area contributed by atoms with Crippen molar-refractivity contribution in [1.29, 1.82) is 10.5 Å². The summed E-state index contributed by atoms with van der Waals surface area (Å²) in [5, 5.41) is 19.6. The molecule has 0 N–H and O–H groups in total. The number of nitrogens with zero attached hydrogens (tertiary/aromatic N) is 2. The maximum absolute atomic E-state index is 9.91. The number of hydrogen-bond donors (Lipinski definition) is 0. The van der Waals surface area contributed by atoms with Crippen LogP contribution in [-0.4, -0.2) is 4.32 Å². The zero-order valence-corrected chi connectivity index (χ0v) is 19.5. The van der Waals surface area contributed by atoms with E-state index in [9.17, 15) is 10.5 Å². The second kappa shape index (κ2) is 6.30. The molecule has 3 aliphatic rings. The van der Waals surface area contributed by atoms with Crippen LogP contribution < -0.4 is 0 Å². The van der Waals surface area contributed by atoms with Gasteiger partial charge in [-0.05, 0) is 68.8 Å². The van der Waals surface area contributed by atoms with Crippen molar-refractivity contribution in [3.05, 3.63) is 111 Å². The van der Waals surface area contributed by atoms with Gasteiger partial charge in [-0.15, -0.1) is 0 Å². The van der Waals surface area contributed by atoms with E-state index in [2.05, 4.69) is 98.6 Å². The van der Waals surface area contributed by atoms with Gasteiger partial charge in [0.25, 0.3) is 0 Å². The SMILES string of the molecule is N#Cc1ccc2c(c1)C1(C3=C(C=CC(Br)(C#N)C3)c3ccc(Br)cc31)c1ccccc1-2. The molecule has 3 aromatic carbocycles. The lowest BCUT2D eigenvalue weighted by Gasteiger charge is -2.35. The summed E-state index contributed by atoms with van der Waals surface area (Å²) in [5.74, 6) is 0. The van der Waals surface area contributed by atoms with Crippen LogP contribution in [0, 0.1) is 22.7 Å². The van der Waals surface area contributed by atoms with Gasteiger partial charge in [-0.25, -0.2) is 0 Å². The third kappa shape index (κ3) is 2.30. The summed E-state index contributed by atoms with van der Waals surface area (Å²) in [5.41, 5.74) is 9.59. The number of hydrogen-bond acceptors (Lipinski definition) is 2. The highest BCUT2D eigenvalue weighted by molar-refractivity contribution is 9.10. The van der Waals surface area contributed by atoms with Gasteiger partial charge in [0, 0.05) is 10.9 Å². The highest BCUT2D eigenvalue weighted by Gasteiger charge is 2.54. The maximum Gasteiger partial charge on any atom is 0.134 e. The highest BCUT2D eigenvalue weighted by Crippen LogP contribution is 2.64.